The smallest absolute Gasteiger partial charge is 0.276 e. The molecule has 0 radical (unpaired) electrons. The summed E-state index contributed by atoms with van der Waals surface area (Å²) in [7, 11) is -12.8. The van der Waals surface area contributed by atoms with E-state index in [1.807, 2.05) is 0 Å². The third kappa shape index (κ3) is 5.66. The molecule has 1 unspecified atom stereocenters. The summed E-state index contributed by atoms with van der Waals surface area (Å²) in [4.78, 5) is 5.36. The van der Waals surface area contributed by atoms with Crippen molar-refractivity contribution in [2.24, 2.45) is 19.6 Å². The van der Waals surface area contributed by atoms with E-state index in [4.69, 9.17) is 44.4 Å². The SMILES string of the molecule is Cc1ccc(S(=O)(=O)NN=c2c(C)c(C3=Nc4cc(Cl)c(S(N)(=O)=O)cc4S(=O)(O)=N3)oc3c(Cl)cc(Cl)cc23)cc1. The lowest BCUT2D eigenvalue weighted by Gasteiger charge is -2.17. The van der Waals surface area contributed by atoms with Crippen LogP contribution in [0.2, 0.25) is 15.1 Å². The maximum Gasteiger partial charge on any atom is 0.276 e. The highest BCUT2D eigenvalue weighted by molar-refractivity contribution is 7.90. The molecule has 0 aliphatic carbocycles. The molecule has 4 aromatic rings. The molecule has 0 saturated heterocycles. The number of rotatable bonds is 5. The van der Waals surface area contributed by atoms with Crippen molar-refractivity contribution in [1.29, 1.82) is 0 Å². The molecule has 1 aromatic heterocycles. The van der Waals surface area contributed by atoms with E-state index in [-0.39, 0.29) is 53.3 Å². The van der Waals surface area contributed by atoms with Crippen molar-refractivity contribution >= 4 is 87.4 Å². The number of halogens is 3. The topological polar surface area (TPSA) is 194 Å². The van der Waals surface area contributed by atoms with Crippen LogP contribution < -0.4 is 15.3 Å². The number of sulfonamides is 2. The molecular weight excluding hydrogens is 673 g/mol. The first-order valence-electron chi connectivity index (χ1n) is 11.5. The number of nitrogens with zero attached hydrogens (tertiary/aromatic N) is 3. The van der Waals surface area contributed by atoms with Gasteiger partial charge in [0, 0.05) is 16.0 Å². The molecule has 0 bridgehead atoms. The quantitative estimate of drug-likeness (QED) is 0.249. The van der Waals surface area contributed by atoms with Gasteiger partial charge in [-0.2, -0.15) is 18.4 Å². The summed E-state index contributed by atoms with van der Waals surface area (Å²) in [6.45, 7) is 3.29. The number of fused-ring (bicyclic) bond motifs is 2. The van der Waals surface area contributed by atoms with Crippen molar-refractivity contribution in [3.63, 3.8) is 0 Å². The lowest BCUT2D eigenvalue weighted by molar-refractivity contribution is 0.550. The van der Waals surface area contributed by atoms with Gasteiger partial charge in [0.1, 0.15) is 15.1 Å². The standard InChI is InChI=1S/C24H18Cl3N5O7S3/c1-11-3-5-14(6-4-11)41(35,36)32-30-21-12(2)22(39-23-15(21)7-13(25)8-17(23)27)24-29-18-9-16(26)19(40(28,33)34)10-20(18)42(37,38)31-24/h3-10,32H,1-2H3,(H2,28,33,34)(H,29,31,37,38). The van der Waals surface area contributed by atoms with E-state index in [0.717, 1.165) is 17.7 Å². The van der Waals surface area contributed by atoms with E-state index in [9.17, 15) is 25.6 Å². The zero-order chi connectivity index (χ0) is 30.8. The molecule has 5 rings (SSSR count). The minimum Gasteiger partial charge on any atom is -0.451 e. The van der Waals surface area contributed by atoms with E-state index >= 15 is 0 Å². The Morgan fingerprint density at radius 3 is 2.31 bits per heavy atom. The molecule has 3 aromatic carbocycles. The Morgan fingerprint density at radius 1 is 1.00 bits per heavy atom. The predicted octanol–water partition coefficient (Wildman–Crippen LogP) is 4.84. The van der Waals surface area contributed by atoms with Gasteiger partial charge in [0.25, 0.3) is 10.0 Å². The number of nitrogens with one attached hydrogen (secondary N) is 1. The second kappa shape index (κ2) is 10.6. The minimum absolute atomic E-state index is 0.00192. The summed E-state index contributed by atoms with van der Waals surface area (Å²) in [6, 6.07) is 10.8. The van der Waals surface area contributed by atoms with Crippen molar-refractivity contribution in [2.75, 3.05) is 0 Å². The first kappa shape index (κ1) is 30.4. The van der Waals surface area contributed by atoms with Crippen LogP contribution in [0.1, 0.15) is 16.9 Å². The van der Waals surface area contributed by atoms with Gasteiger partial charge in [0.15, 0.2) is 21.4 Å². The molecule has 0 amide bonds. The van der Waals surface area contributed by atoms with E-state index in [0.29, 0.717) is 0 Å². The first-order chi connectivity index (χ1) is 19.5. The highest BCUT2D eigenvalue weighted by Crippen LogP contribution is 2.37. The van der Waals surface area contributed by atoms with E-state index in [2.05, 4.69) is 19.3 Å². The maximum absolute atomic E-state index is 13.2. The van der Waals surface area contributed by atoms with Gasteiger partial charge in [-0.3, -0.25) is 4.55 Å². The van der Waals surface area contributed by atoms with Crippen molar-refractivity contribution in [2.45, 2.75) is 28.5 Å². The average Bonchev–Trinajstić information content (AvgIpc) is 2.86. The Bertz CT molecular complexity index is 2280. The molecular formula is C24H18Cl3N5O7S3. The summed E-state index contributed by atoms with van der Waals surface area (Å²) in [5.41, 5.74) is 0.805. The van der Waals surface area contributed by atoms with Crippen molar-refractivity contribution in [3.8, 4) is 0 Å². The Labute approximate surface area is 254 Å². The van der Waals surface area contributed by atoms with Gasteiger partial charge in [-0.05, 0) is 50.2 Å². The van der Waals surface area contributed by atoms with Crippen molar-refractivity contribution < 1.29 is 30.0 Å². The molecule has 2 heterocycles. The molecule has 0 spiro atoms. The zero-order valence-corrected chi connectivity index (χ0v) is 26.0. The van der Waals surface area contributed by atoms with Gasteiger partial charge in [0.05, 0.1) is 20.6 Å². The van der Waals surface area contributed by atoms with Crippen LogP contribution in [0.4, 0.5) is 5.69 Å². The average molecular weight is 691 g/mol. The third-order valence-electron chi connectivity index (χ3n) is 6.02. The maximum atomic E-state index is 13.2. The number of hydrogen-bond acceptors (Lipinski definition) is 9. The largest absolute Gasteiger partial charge is 0.451 e. The number of hydrogen-bond donors (Lipinski definition) is 3. The highest BCUT2D eigenvalue weighted by atomic mass is 35.5. The number of benzene rings is 3. The second-order valence-corrected chi connectivity index (χ2v) is 15.1. The highest BCUT2D eigenvalue weighted by Gasteiger charge is 2.29. The molecule has 1 aliphatic heterocycles. The molecule has 1 aliphatic rings. The molecule has 220 valence electrons. The Kier molecular flexibility index (Phi) is 7.69. The molecule has 18 heteroatoms. The van der Waals surface area contributed by atoms with Crippen molar-refractivity contribution in [3.05, 3.63) is 85.8 Å². The van der Waals surface area contributed by atoms with Gasteiger partial charge in [-0.15, -0.1) is 4.36 Å². The van der Waals surface area contributed by atoms with Gasteiger partial charge in [-0.25, -0.2) is 22.8 Å². The summed E-state index contributed by atoms with van der Waals surface area (Å²) in [5.74, 6) is -0.600. The van der Waals surface area contributed by atoms with E-state index < -0.39 is 45.7 Å². The third-order valence-corrected chi connectivity index (χ3v) is 10.4. The van der Waals surface area contributed by atoms with Crippen molar-refractivity contribution in [1.82, 2.24) is 4.83 Å². The number of amidine groups is 1. The summed E-state index contributed by atoms with van der Waals surface area (Å²) >= 11 is 18.7. The summed E-state index contributed by atoms with van der Waals surface area (Å²) < 4.78 is 83.5. The zero-order valence-electron chi connectivity index (χ0n) is 21.3. The summed E-state index contributed by atoms with van der Waals surface area (Å²) in [6.07, 6.45) is 0. The molecule has 0 saturated carbocycles. The first-order valence-corrected chi connectivity index (χ1v) is 17.1. The molecule has 4 N–H and O–H groups in total. The van der Waals surface area contributed by atoms with Gasteiger partial charge >= 0.3 is 0 Å². The van der Waals surface area contributed by atoms with Crippen LogP contribution in [0, 0.1) is 13.8 Å². The predicted molar refractivity (Wildman–Crippen MR) is 159 cm³/mol. The number of aliphatic imine (C=N–C) groups is 1. The van der Waals surface area contributed by atoms with E-state index in [1.54, 1.807) is 19.1 Å². The van der Waals surface area contributed by atoms with Gasteiger partial charge in [-0.1, -0.05) is 52.5 Å². The fourth-order valence-electron chi connectivity index (χ4n) is 4.00. The van der Waals surface area contributed by atoms with Crippen LogP contribution in [0.3, 0.4) is 0 Å². The number of primary sulfonamides is 1. The molecule has 12 nitrogen and oxygen atoms in total. The lowest BCUT2D eigenvalue weighted by Crippen LogP contribution is -2.24. The van der Waals surface area contributed by atoms with Crippen LogP contribution in [-0.2, 0) is 30.1 Å². The van der Waals surface area contributed by atoms with Gasteiger partial charge in [0.2, 0.25) is 15.9 Å². The fourth-order valence-corrected chi connectivity index (χ4v) is 7.61. The van der Waals surface area contributed by atoms with Gasteiger partial charge < -0.3 is 4.42 Å². The number of aryl methyl sites for hydroxylation is 1. The molecule has 1 atom stereocenters. The van der Waals surface area contributed by atoms with E-state index in [1.165, 1.54) is 31.2 Å². The molecule has 42 heavy (non-hydrogen) atoms. The lowest BCUT2D eigenvalue weighted by atomic mass is 10.1. The van der Waals surface area contributed by atoms with Crippen LogP contribution in [0.25, 0.3) is 11.0 Å². The van der Waals surface area contributed by atoms with Crippen LogP contribution in [-0.4, -0.2) is 31.4 Å². The van der Waals surface area contributed by atoms with Crippen LogP contribution >= 0.6 is 34.8 Å². The Morgan fingerprint density at radius 2 is 1.67 bits per heavy atom. The Hall–Kier alpha value is -3.02. The number of nitrogens with two attached hydrogens (primary N) is 1. The summed E-state index contributed by atoms with van der Waals surface area (Å²) in [5, 5.41) is 9.37. The minimum atomic E-state index is -4.34. The van der Waals surface area contributed by atoms with Crippen LogP contribution in [0.15, 0.2) is 82.1 Å². The monoisotopic (exact) mass is 689 g/mol. The fraction of sp³-hybridized carbons (Fsp3) is 0.0833. The molecule has 0 fully saturated rings. The Balaban J connectivity index is 1.77. The normalized spacial score (nSPS) is 17.5. The second-order valence-electron chi connectivity index (χ2n) is 9.01. The van der Waals surface area contributed by atoms with Crippen LogP contribution in [0.5, 0.6) is 0 Å².